The van der Waals surface area contributed by atoms with E-state index in [4.69, 9.17) is 30.5 Å². The minimum absolute atomic E-state index is 0.247. The summed E-state index contributed by atoms with van der Waals surface area (Å²) in [6.07, 6.45) is 1.73. The Labute approximate surface area is 274 Å². The number of halogens is 1. The van der Waals surface area contributed by atoms with E-state index in [0.29, 0.717) is 49.5 Å². The number of methoxy groups -OCH3 is 1. The Bertz CT molecular complexity index is 2080. The van der Waals surface area contributed by atoms with Crippen LogP contribution in [0.5, 0.6) is 23.0 Å². The molecule has 5 aromatic rings. The number of allylic oxidation sites excluding steroid dienone is 1. The van der Waals surface area contributed by atoms with E-state index in [-0.39, 0.29) is 17.7 Å². The number of hydrogen-bond acceptors (Lipinski definition) is 8. The van der Waals surface area contributed by atoms with Gasteiger partial charge in [0.25, 0.3) is 5.56 Å². The number of aromatic nitrogens is 1. The van der Waals surface area contributed by atoms with Gasteiger partial charge in [-0.05, 0) is 60.5 Å². The fraction of sp³-hybridized carbons (Fsp3) is 0.139. The molecule has 232 valence electrons. The van der Waals surface area contributed by atoms with Gasteiger partial charge in [-0.15, -0.1) is 0 Å². The van der Waals surface area contributed by atoms with Crippen molar-refractivity contribution in [1.29, 1.82) is 0 Å². The van der Waals surface area contributed by atoms with Gasteiger partial charge in [0, 0.05) is 0 Å². The van der Waals surface area contributed by atoms with Gasteiger partial charge < -0.3 is 18.9 Å². The van der Waals surface area contributed by atoms with E-state index < -0.39 is 12.0 Å². The van der Waals surface area contributed by atoms with Crippen LogP contribution in [0.3, 0.4) is 0 Å². The Hall–Kier alpha value is -5.12. The SMILES string of the molecule is COc1cc(/C=c2\sc3n(c2=O)[C@H](c2ccccc2)C(C(=O)Oc2ccccc2)=C(C)N=3)cc(Cl)c1OCCOc1ccccc1. The number of ether oxygens (including phenoxy) is 4. The molecule has 2 heterocycles. The summed E-state index contributed by atoms with van der Waals surface area (Å²) in [6, 6.07) is 30.4. The molecule has 0 N–H and O–H groups in total. The summed E-state index contributed by atoms with van der Waals surface area (Å²) >= 11 is 7.86. The van der Waals surface area contributed by atoms with E-state index >= 15 is 0 Å². The van der Waals surface area contributed by atoms with Crippen molar-refractivity contribution in [1.82, 2.24) is 4.57 Å². The van der Waals surface area contributed by atoms with E-state index in [2.05, 4.69) is 4.99 Å². The van der Waals surface area contributed by atoms with Crippen molar-refractivity contribution in [2.45, 2.75) is 13.0 Å². The first-order chi connectivity index (χ1) is 22.4. The van der Waals surface area contributed by atoms with E-state index in [9.17, 15) is 9.59 Å². The van der Waals surface area contributed by atoms with Gasteiger partial charge >= 0.3 is 5.97 Å². The topological polar surface area (TPSA) is 88.4 Å². The van der Waals surface area contributed by atoms with Crippen LogP contribution in [0.1, 0.15) is 24.1 Å². The van der Waals surface area contributed by atoms with Gasteiger partial charge in [0.15, 0.2) is 16.3 Å². The number of carbonyl (C=O) groups excluding carboxylic acids is 1. The molecule has 0 amide bonds. The number of carbonyl (C=O) groups is 1. The van der Waals surface area contributed by atoms with Crippen LogP contribution in [0.25, 0.3) is 6.08 Å². The number of esters is 1. The molecule has 1 aliphatic heterocycles. The van der Waals surface area contributed by atoms with Gasteiger partial charge in [0.05, 0.1) is 34.0 Å². The van der Waals surface area contributed by atoms with Crippen molar-refractivity contribution in [3.63, 3.8) is 0 Å². The molecule has 0 spiro atoms. The minimum Gasteiger partial charge on any atom is -0.493 e. The van der Waals surface area contributed by atoms with Crippen LogP contribution in [0.4, 0.5) is 0 Å². The number of benzene rings is 4. The van der Waals surface area contributed by atoms with E-state index in [1.807, 2.05) is 66.7 Å². The molecule has 0 saturated carbocycles. The van der Waals surface area contributed by atoms with Crippen LogP contribution in [0, 0.1) is 0 Å². The van der Waals surface area contributed by atoms with Gasteiger partial charge in [0.1, 0.15) is 24.7 Å². The molecule has 1 aromatic heterocycles. The number of para-hydroxylation sites is 2. The third-order valence-electron chi connectivity index (χ3n) is 7.20. The highest BCUT2D eigenvalue weighted by Gasteiger charge is 2.33. The first kappa shape index (κ1) is 30.9. The predicted molar refractivity (Wildman–Crippen MR) is 178 cm³/mol. The molecule has 0 radical (unpaired) electrons. The lowest BCUT2D eigenvalue weighted by Gasteiger charge is -2.24. The number of rotatable bonds is 10. The van der Waals surface area contributed by atoms with Crippen molar-refractivity contribution in [2.75, 3.05) is 20.3 Å². The Morgan fingerprint density at radius 3 is 2.22 bits per heavy atom. The summed E-state index contributed by atoms with van der Waals surface area (Å²) in [5, 5.41) is 0.321. The average Bonchev–Trinajstić information content (AvgIpc) is 3.37. The van der Waals surface area contributed by atoms with E-state index in [1.54, 1.807) is 54.0 Å². The van der Waals surface area contributed by atoms with Crippen molar-refractivity contribution in [3.8, 4) is 23.0 Å². The molecule has 8 nitrogen and oxygen atoms in total. The zero-order chi connectivity index (χ0) is 32.0. The second kappa shape index (κ2) is 13.9. The second-order valence-corrected chi connectivity index (χ2v) is 11.7. The molecule has 0 unspecified atom stereocenters. The second-order valence-electron chi connectivity index (χ2n) is 10.2. The Morgan fingerprint density at radius 2 is 1.54 bits per heavy atom. The van der Waals surface area contributed by atoms with Crippen molar-refractivity contribution < 1.29 is 23.7 Å². The maximum atomic E-state index is 14.0. The summed E-state index contributed by atoms with van der Waals surface area (Å²) in [5.74, 6) is 1.36. The molecule has 46 heavy (non-hydrogen) atoms. The monoisotopic (exact) mass is 652 g/mol. The first-order valence-corrected chi connectivity index (χ1v) is 15.7. The molecule has 1 atom stereocenters. The highest BCUT2D eigenvalue weighted by Crippen LogP contribution is 2.37. The smallest absolute Gasteiger partial charge is 0.343 e. The maximum absolute atomic E-state index is 14.0. The number of fused-ring (bicyclic) bond motifs is 1. The van der Waals surface area contributed by atoms with E-state index in [1.165, 1.54) is 18.4 Å². The standard InChI is InChI=1S/C36H29ClN2O6S/c1-23-31(35(41)45-27-16-10-5-11-17-27)32(25-12-6-3-7-13-25)39-34(40)30(46-36(39)38-23)22-24-20-28(37)33(29(21-24)42-2)44-19-18-43-26-14-8-4-9-15-26/h3-17,20-22,32H,18-19H2,1-2H3/b30-22-/t32-/m1/s1. The van der Waals surface area contributed by atoms with E-state index in [0.717, 1.165) is 11.3 Å². The van der Waals surface area contributed by atoms with Crippen LogP contribution >= 0.6 is 22.9 Å². The van der Waals surface area contributed by atoms with Gasteiger partial charge in [-0.25, -0.2) is 9.79 Å². The summed E-state index contributed by atoms with van der Waals surface area (Å²) in [5.41, 5.74) is 1.85. The Kier molecular flexibility index (Phi) is 9.33. The Morgan fingerprint density at radius 1 is 0.913 bits per heavy atom. The lowest BCUT2D eigenvalue weighted by Crippen LogP contribution is -2.40. The zero-order valence-corrected chi connectivity index (χ0v) is 26.6. The maximum Gasteiger partial charge on any atom is 0.343 e. The molecule has 0 aliphatic carbocycles. The number of thiazole rings is 1. The van der Waals surface area contributed by atoms with Crippen LogP contribution in [0.2, 0.25) is 5.02 Å². The summed E-state index contributed by atoms with van der Waals surface area (Å²) in [7, 11) is 1.52. The zero-order valence-electron chi connectivity index (χ0n) is 25.0. The van der Waals surface area contributed by atoms with Crippen molar-refractivity contribution >= 4 is 35.0 Å². The molecule has 0 fully saturated rings. The average molecular weight is 653 g/mol. The first-order valence-electron chi connectivity index (χ1n) is 14.5. The van der Waals surface area contributed by atoms with Gasteiger partial charge in [-0.1, -0.05) is 89.7 Å². The fourth-order valence-electron chi connectivity index (χ4n) is 5.12. The molecule has 10 heteroatoms. The molecular weight excluding hydrogens is 624 g/mol. The van der Waals surface area contributed by atoms with Gasteiger partial charge in [0.2, 0.25) is 0 Å². The molecule has 0 bridgehead atoms. The summed E-state index contributed by atoms with van der Waals surface area (Å²) < 4.78 is 24.9. The van der Waals surface area contributed by atoms with Crippen molar-refractivity contribution in [2.24, 2.45) is 4.99 Å². The number of nitrogens with zero attached hydrogens (tertiary/aromatic N) is 2. The molecule has 4 aromatic carbocycles. The molecule has 1 aliphatic rings. The predicted octanol–water partition coefficient (Wildman–Crippen LogP) is 5.96. The van der Waals surface area contributed by atoms with Gasteiger partial charge in [-0.3, -0.25) is 9.36 Å². The lowest BCUT2D eigenvalue weighted by molar-refractivity contribution is -0.130. The minimum atomic E-state index is -0.734. The fourth-order valence-corrected chi connectivity index (χ4v) is 6.44. The van der Waals surface area contributed by atoms with Crippen LogP contribution in [-0.2, 0) is 4.79 Å². The molecule has 6 rings (SSSR count). The highest BCUT2D eigenvalue weighted by molar-refractivity contribution is 7.07. The largest absolute Gasteiger partial charge is 0.493 e. The summed E-state index contributed by atoms with van der Waals surface area (Å²) in [4.78, 5) is 32.8. The summed E-state index contributed by atoms with van der Waals surface area (Å²) in [6.45, 7) is 2.31. The molecule has 0 saturated heterocycles. The highest BCUT2D eigenvalue weighted by atomic mass is 35.5. The Balaban J connectivity index is 1.33. The third kappa shape index (κ3) is 6.61. The third-order valence-corrected chi connectivity index (χ3v) is 8.47. The normalized spacial score (nSPS) is 14.3. The van der Waals surface area contributed by atoms with Gasteiger partial charge in [-0.2, -0.15) is 0 Å². The molecular formula is C36H29ClN2O6S. The van der Waals surface area contributed by atoms with Crippen LogP contribution < -0.4 is 33.8 Å². The van der Waals surface area contributed by atoms with Crippen molar-refractivity contribution in [3.05, 3.63) is 150 Å². The lowest BCUT2D eigenvalue weighted by atomic mass is 9.96. The number of hydrogen-bond donors (Lipinski definition) is 0. The van der Waals surface area contributed by atoms with Crippen LogP contribution in [0.15, 0.2) is 124 Å². The van der Waals surface area contributed by atoms with Crippen LogP contribution in [-0.4, -0.2) is 30.9 Å². The quantitative estimate of drug-likeness (QED) is 0.105.